The Hall–Kier alpha value is -2.81. The summed E-state index contributed by atoms with van der Waals surface area (Å²) in [4.78, 5) is 12.1. The van der Waals surface area contributed by atoms with Crippen LogP contribution in [0.2, 0.25) is 0 Å². The second-order valence-corrected chi connectivity index (χ2v) is 6.17. The molecule has 9 heteroatoms. The predicted molar refractivity (Wildman–Crippen MR) is 88.8 cm³/mol. The van der Waals surface area contributed by atoms with Crippen LogP contribution in [0.25, 0.3) is 0 Å². The highest BCUT2D eigenvalue weighted by Crippen LogP contribution is 2.24. The Morgan fingerprint density at radius 3 is 2.54 bits per heavy atom. The van der Waals surface area contributed by atoms with Crippen LogP contribution in [0.4, 0.5) is 5.69 Å². The highest BCUT2D eigenvalue weighted by molar-refractivity contribution is 7.99. The molecule has 1 aromatic carbocycles. The summed E-state index contributed by atoms with van der Waals surface area (Å²) in [5.74, 6) is -0.308. The maximum absolute atomic E-state index is 12.1. The quantitative estimate of drug-likeness (QED) is 0.761. The van der Waals surface area contributed by atoms with E-state index in [4.69, 9.17) is 0 Å². The van der Waals surface area contributed by atoms with Crippen molar-refractivity contribution in [1.82, 2.24) is 30.4 Å². The number of tetrazole rings is 1. The summed E-state index contributed by atoms with van der Waals surface area (Å²) in [5.41, 5.74) is 0.950. The number of carbonyl (C=O) groups excluding carboxylic acids is 1. The van der Waals surface area contributed by atoms with E-state index in [1.165, 1.54) is 11.8 Å². The minimum atomic E-state index is -0.308. The molecule has 0 atom stereocenters. The zero-order chi connectivity index (χ0) is 16.9. The Morgan fingerprint density at radius 1 is 1.08 bits per heavy atom. The normalized spacial score (nSPS) is 10.8. The first-order valence-corrected chi connectivity index (χ1v) is 8.11. The average Bonchev–Trinajstić information content (AvgIpc) is 3.05. The summed E-state index contributed by atoms with van der Waals surface area (Å²) in [7, 11) is 0. The Balaban J connectivity index is 1.69. The Morgan fingerprint density at radius 2 is 1.88 bits per heavy atom. The molecule has 8 nitrogen and oxygen atoms in total. The number of nitrogens with zero attached hydrogens (tertiary/aromatic N) is 6. The molecule has 0 bridgehead atoms. The molecule has 3 aromatic rings. The summed E-state index contributed by atoms with van der Waals surface area (Å²) in [6.07, 6.45) is 0. The van der Waals surface area contributed by atoms with E-state index in [9.17, 15) is 4.79 Å². The molecule has 0 aliphatic rings. The first-order valence-electron chi connectivity index (χ1n) is 7.29. The number of nitrogens with one attached hydrogen (secondary N) is 1. The van der Waals surface area contributed by atoms with Gasteiger partial charge in [-0.05, 0) is 60.3 Å². The number of carbonyl (C=O) groups is 1. The lowest BCUT2D eigenvalue weighted by molar-refractivity contribution is 0.102. The molecule has 2 aromatic heterocycles. The van der Waals surface area contributed by atoms with Crippen molar-refractivity contribution in [2.45, 2.75) is 30.1 Å². The third-order valence-electron chi connectivity index (χ3n) is 3.05. The van der Waals surface area contributed by atoms with Gasteiger partial charge in [0.1, 0.15) is 5.03 Å². The number of aromatic nitrogens is 6. The fourth-order valence-electron chi connectivity index (χ4n) is 1.88. The molecule has 0 saturated heterocycles. The van der Waals surface area contributed by atoms with Crippen molar-refractivity contribution in [2.24, 2.45) is 0 Å². The molecule has 1 N–H and O–H groups in total. The lowest BCUT2D eigenvalue weighted by Gasteiger charge is -2.06. The molecule has 0 aliphatic heterocycles. The molecule has 24 heavy (non-hydrogen) atoms. The summed E-state index contributed by atoms with van der Waals surface area (Å²) < 4.78 is 1.70. The molecule has 3 rings (SSSR count). The van der Waals surface area contributed by atoms with Crippen molar-refractivity contribution in [3.63, 3.8) is 0 Å². The lowest BCUT2D eigenvalue weighted by Crippen LogP contribution is -2.14. The Labute approximate surface area is 142 Å². The molecule has 0 radical (unpaired) electrons. The SMILES string of the molecule is CC(C)n1nnnc1Sc1ccc(C(=O)Nc2ccccc2)nn1. The van der Waals surface area contributed by atoms with Crippen LogP contribution in [0, 0.1) is 0 Å². The number of para-hydroxylation sites is 1. The summed E-state index contributed by atoms with van der Waals surface area (Å²) in [5, 5.41) is 23.6. The van der Waals surface area contributed by atoms with Crippen LogP contribution in [0.5, 0.6) is 0 Å². The topological polar surface area (TPSA) is 98.5 Å². The van der Waals surface area contributed by atoms with Crippen molar-refractivity contribution in [2.75, 3.05) is 5.32 Å². The van der Waals surface area contributed by atoms with Gasteiger partial charge in [0.25, 0.3) is 5.91 Å². The maximum atomic E-state index is 12.1. The van der Waals surface area contributed by atoms with Gasteiger partial charge in [0.05, 0.1) is 6.04 Å². The van der Waals surface area contributed by atoms with E-state index in [-0.39, 0.29) is 17.6 Å². The van der Waals surface area contributed by atoms with Crippen molar-refractivity contribution < 1.29 is 4.79 Å². The number of hydrogen-bond acceptors (Lipinski definition) is 7. The van der Waals surface area contributed by atoms with E-state index in [0.717, 1.165) is 0 Å². The van der Waals surface area contributed by atoms with Gasteiger partial charge in [0, 0.05) is 5.69 Å². The van der Waals surface area contributed by atoms with E-state index in [1.807, 2.05) is 32.0 Å². The highest BCUT2D eigenvalue weighted by Gasteiger charge is 2.13. The van der Waals surface area contributed by atoms with Crippen LogP contribution in [-0.2, 0) is 0 Å². The van der Waals surface area contributed by atoms with Gasteiger partial charge in [-0.1, -0.05) is 18.2 Å². The fraction of sp³-hybridized carbons (Fsp3) is 0.200. The number of amides is 1. The van der Waals surface area contributed by atoms with Gasteiger partial charge >= 0.3 is 0 Å². The molecule has 122 valence electrons. The van der Waals surface area contributed by atoms with Crippen molar-refractivity contribution in [1.29, 1.82) is 0 Å². The highest BCUT2D eigenvalue weighted by atomic mass is 32.2. The van der Waals surface area contributed by atoms with E-state index < -0.39 is 0 Å². The second-order valence-electron chi connectivity index (χ2n) is 5.18. The third kappa shape index (κ3) is 3.74. The first kappa shape index (κ1) is 16.1. The number of rotatable bonds is 5. The van der Waals surface area contributed by atoms with Crippen molar-refractivity contribution in [3.05, 3.63) is 48.2 Å². The van der Waals surface area contributed by atoms with Crippen molar-refractivity contribution >= 4 is 23.4 Å². The smallest absolute Gasteiger partial charge is 0.276 e. The molecular weight excluding hydrogens is 326 g/mol. The largest absolute Gasteiger partial charge is 0.321 e. The van der Waals surface area contributed by atoms with Crippen LogP contribution in [0.15, 0.2) is 52.6 Å². The van der Waals surface area contributed by atoms with Gasteiger partial charge in [-0.25, -0.2) is 4.68 Å². The zero-order valence-corrected chi connectivity index (χ0v) is 13.9. The first-order chi connectivity index (χ1) is 11.6. The predicted octanol–water partition coefficient (Wildman–Crippen LogP) is 2.45. The zero-order valence-electron chi connectivity index (χ0n) is 13.1. The fourth-order valence-corrected chi connectivity index (χ4v) is 2.71. The van der Waals surface area contributed by atoms with Gasteiger partial charge in [-0.2, -0.15) is 0 Å². The van der Waals surface area contributed by atoms with Crippen LogP contribution in [0.3, 0.4) is 0 Å². The molecule has 0 aliphatic carbocycles. The van der Waals surface area contributed by atoms with Gasteiger partial charge in [-0.3, -0.25) is 4.79 Å². The van der Waals surface area contributed by atoms with Crippen LogP contribution in [-0.4, -0.2) is 36.3 Å². The maximum Gasteiger partial charge on any atom is 0.276 e. The average molecular weight is 341 g/mol. The number of benzene rings is 1. The Bertz CT molecular complexity index is 817. The van der Waals surface area contributed by atoms with E-state index in [0.29, 0.717) is 15.9 Å². The minimum absolute atomic E-state index is 0.145. The number of anilines is 1. The molecule has 0 unspecified atom stereocenters. The van der Waals surface area contributed by atoms with Crippen LogP contribution >= 0.6 is 11.8 Å². The molecule has 0 spiro atoms. The summed E-state index contributed by atoms with van der Waals surface area (Å²) in [6.45, 7) is 3.98. The van der Waals surface area contributed by atoms with Gasteiger partial charge in [0.15, 0.2) is 5.69 Å². The molecule has 0 saturated carbocycles. The summed E-state index contributed by atoms with van der Waals surface area (Å²) in [6, 6.07) is 12.7. The second kappa shape index (κ2) is 7.18. The molecular formula is C15H15N7OS. The third-order valence-corrected chi connectivity index (χ3v) is 3.93. The monoisotopic (exact) mass is 341 g/mol. The van der Waals surface area contributed by atoms with Gasteiger partial charge in [-0.15, -0.1) is 15.3 Å². The molecule has 0 fully saturated rings. The summed E-state index contributed by atoms with van der Waals surface area (Å²) >= 11 is 1.30. The van der Waals surface area contributed by atoms with E-state index >= 15 is 0 Å². The lowest BCUT2D eigenvalue weighted by atomic mass is 10.3. The van der Waals surface area contributed by atoms with Gasteiger partial charge in [0.2, 0.25) is 5.16 Å². The standard InChI is InChI=1S/C15H15N7OS/c1-10(2)22-15(19-20-21-22)24-13-9-8-12(17-18-13)14(23)16-11-6-4-3-5-7-11/h3-10H,1-2H3,(H,16,23). The Kier molecular flexibility index (Phi) is 4.80. The molecule has 1 amide bonds. The van der Waals surface area contributed by atoms with Crippen LogP contribution < -0.4 is 5.32 Å². The number of hydrogen-bond donors (Lipinski definition) is 1. The minimum Gasteiger partial charge on any atom is -0.321 e. The molecule has 2 heterocycles. The van der Waals surface area contributed by atoms with Crippen molar-refractivity contribution in [3.8, 4) is 0 Å². The van der Waals surface area contributed by atoms with Crippen LogP contribution in [0.1, 0.15) is 30.4 Å². The van der Waals surface area contributed by atoms with E-state index in [1.54, 1.807) is 28.9 Å². The van der Waals surface area contributed by atoms with Gasteiger partial charge < -0.3 is 5.32 Å². The van der Waals surface area contributed by atoms with E-state index in [2.05, 4.69) is 31.0 Å².